The van der Waals surface area contributed by atoms with Crippen molar-refractivity contribution in [3.63, 3.8) is 0 Å². The van der Waals surface area contributed by atoms with Crippen LogP contribution in [0.1, 0.15) is 32.8 Å². The van der Waals surface area contributed by atoms with Crippen molar-refractivity contribution in [2.75, 3.05) is 13.1 Å². The smallest absolute Gasteiger partial charge is 0.0345 e. The minimum absolute atomic E-state index is 0.744. The molecule has 1 aromatic carbocycles. The maximum Gasteiger partial charge on any atom is 0.0345 e. The van der Waals surface area contributed by atoms with Gasteiger partial charge >= 0.3 is 0 Å². The summed E-state index contributed by atoms with van der Waals surface area (Å²) in [6.45, 7) is 9.14. The molecule has 1 atom stereocenters. The van der Waals surface area contributed by atoms with E-state index in [9.17, 15) is 0 Å². The van der Waals surface area contributed by atoms with E-state index >= 15 is 0 Å². The number of aryl methyl sites for hydroxylation is 1. The van der Waals surface area contributed by atoms with Crippen LogP contribution in [0.25, 0.3) is 10.1 Å². The van der Waals surface area contributed by atoms with Gasteiger partial charge in [-0.15, -0.1) is 11.3 Å². The van der Waals surface area contributed by atoms with Gasteiger partial charge in [0.1, 0.15) is 0 Å². The Hall–Kier alpha value is -0.860. The molecule has 19 heavy (non-hydrogen) atoms. The van der Waals surface area contributed by atoms with Crippen molar-refractivity contribution < 1.29 is 0 Å². The van der Waals surface area contributed by atoms with Crippen molar-refractivity contribution in [1.82, 2.24) is 5.32 Å². The highest BCUT2D eigenvalue weighted by molar-refractivity contribution is 7.17. The first-order valence-corrected chi connectivity index (χ1v) is 8.20. The van der Waals surface area contributed by atoms with Gasteiger partial charge in [-0.05, 0) is 60.2 Å². The number of hydrogen-bond donors (Lipinski definition) is 1. The van der Waals surface area contributed by atoms with E-state index in [-0.39, 0.29) is 0 Å². The third-order valence-corrected chi connectivity index (χ3v) is 4.53. The highest BCUT2D eigenvalue weighted by Crippen LogP contribution is 2.27. The molecule has 2 aromatic rings. The molecule has 0 fully saturated rings. The molecule has 2 rings (SSSR count). The van der Waals surface area contributed by atoms with Crippen molar-refractivity contribution in [2.45, 2.75) is 33.6 Å². The molecule has 1 heterocycles. The van der Waals surface area contributed by atoms with E-state index in [1.165, 1.54) is 28.5 Å². The fraction of sp³-hybridized carbons (Fsp3) is 0.529. The minimum Gasteiger partial charge on any atom is -0.316 e. The summed E-state index contributed by atoms with van der Waals surface area (Å²) in [5, 5.41) is 7.34. The van der Waals surface area contributed by atoms with Crippen molar-refractivity contribution in [3.8, 4) is 0 Å². The second kappa shape index (κ2) is 7.06. The van der Waals surface area contributed by atoms with Gasteiger partial charge in [0.15, 0.2) is 0 Å². The van der Waals surface area contributed by atoms with Gasteiger partial charge in [-0.1, -0.05) is 39.0 Å². The molecule has 1 unspecified atom stereocenters. The molecule has 0 aliphatic carbocycles. The normalized spacial score (nSPS) is 13.3. The molecule has 2 heteroatoms. The standard InChI is InChI=1S/C17H25NS/c1-13(2)10-18-11-14(3)8-9-15-12-19-17-7-5-4-6-16(15)17/h4-7,12-14,18H,8-11H2,1-3H3. The number of benzene rings is 1. The first kappa shape index (κ1) is 14.5. The lowest BCUT2D eigenvalue weighted by molar-refractivity contribution is 0.454. The number of thiophene rings is 1. The van der Waals surface area contributed by atoms with E-state index < -0.39 is 0 Å². The summed E-state index contributed by atoms with van der Waals surface area (Å²) in [4.78, 5) is 0. The Morgan fingerprint density at radius 1 is 1.11 bits per heavy atom. The minimum atomic E-state index is 0.744. The first-order valence-electron chi connectivity index (χ1n) is 7.32. The molecule has 0 aliphatic rings. The third kappa shape index (κ3) is 4.32. The summed E-state index contributed by atoms with van der Waals surface area (Å²) in [7, 11) is 0. The van der Waals surface area contributed by atoms with E-state index in [0.717, 1.165) is 24.9 Å². The molecular weight excluding hydrogens is 250 g/mol. The lowest BCUT2D eigenvalue weighted by Crippen LogP contribution is -2.25. The van der Waals surface area contributed by atoms with Crippen LogP contribution in [0.4, 0.5) is 0 Å². The van der Waals surface area contributed by atoms with Crippen molar-refractivity contribution in [1.29, 1.82) is 0 Å². The number of fused-ring (bicyclic) bond motifs is 1. The van der Waals surface area contributed by atoms with Crippen LogP contribution >= 0.6 is 11.3 Å². The summed E-state index contributed by atoms with van der Waals surface area (Å²) in [6.07, 6.45) is 2.47. The molecule has 0 radical (unpaired) electrons. The Kier molecular flexibility index (Phi) is 5.41. The largest absolute Gasteiger partial charge is 0.316 e. The van der Waals surface area contributed by atoms with Gasteiger partial charge in [0, 0.05) is 4.70 Å². The van der Waals surface area contributed by atoms with Gasteiger partial charge in [0.05, 0.1) is 0 Å². The summed E-state index contributed by atoms with van der Waals surface area (Å²) in [6, 6.07) is 8.74. The predicted molar refractivity (Wildman–Crippen MR) is 87.0 cm³/mol. The molecule has 104 valence electrons. The first-order chi connectivity index (χ1) is 9.16. The fourth-order valence-electron chi connectivity index (χ4n) is 2.35. The monoisotopic (exact) mass is 275 g/mol. The maximum absolute atomic E-state index is 3.55. The molecule has 0 spiro atoms. The molecule has 1 aromatic heterocycles. The Morgan fingerprint density at radius 3 is 2.68 bits per heavy atom. The Morgan fingerprint density at radius 2 is 1.89 bits per heavy atom. The number of rotatable bonds is 7. The molecule has 0 aliphatic heterocycles. The summed E-state index contributed by atoms with van der Waals surface area (Å²) in [5.41, 5.74) is 1.52. The Labute approximate surface area is 121 Å². The maximum atomic E-state index is 3.55. The van der Waals surface area contributed by atoms with Crippen LogP contribution in [0, 0.1) is 11.8 Å². The molecular formula is C17H25NS. The highest BCUT2D eigenvalue weighted by Gasteiger charge is 2.07. The Bertz CT molecular complexity index is 501. The van der Waals surface area contributed by atoms with Crippen LogP contribution < -0.4 is 5.32 Å². The molecule has 0 saturated carbocycles. The summed E-state index contributed by atoms with van der Waals surface area (Å²) >= 11 is 1.87. The second-order valence-electron chi connectivity index (χ2n) is 5.95. The summed E-state index contributed by atoms with van der Waals surface area (Å²) in [5.74, 6) is 1.49. The molecule has 1 nitrogen and oxygen atoms in total. The fourth-order valence-corrected chi connectivity index (χ4v) is 3.35. The van der Waals surface area contributed by atoms with E-state index in [4.69, 9.17) is 0 Å². The van der Waals surface area contributed by atoms with Gasteiger partial charge in [0.2, 0.25) is 0 Å². The average molecular weight is 275 g/mol. The SMILES string of the molecule is CC(C)CNCC(C)CCc1csc2ccccc12. The van der Waals surface area contributed by atoms with Crippen LogP contribution in [0.5, 0.6) is 0 Å². The second-order valence-corrected chi connectivity index (χ2v) is 6.86. The van der Waals surface area contributed by atoms with E-state index in [0.29, 0.717) is 0 Å². The van der Waals surface area contributed by atoms with Crippen molar-refractivity contribution in [2.24, 2.45) is 11.8 Å². The lowest BCUT2D eigenvalue weighted by atomic mass is 10.0. The van der Waals surface area contributed by atoms with Gasteiger partial charge in [-0.25, -0.2) is 0 Å². The van der Waals surface area contributed by atoms with E-state index in [2.05, 4.69) is 55.7 Å². The molecule has 0 bridgehead atoms. The molecule has 0 saturated heterocycles. The topological polar surface area (TPSA) is 12.0 Å². The van der Waals surface area contributed by atoms with Crippen LogP contribution in [-0.4, -0.2) is 13.1 Å². The Balaban J connectivity index is 1.81. The highest BCUT2D eigenvalue weighted by atomic mass is 32.1. The zero-order valence-corrected chi connectivity index (χ0v) is 13.1. The van der Waals surface area contributed by atoms with Crippen LogP contribution in [0.15, 0.2) is 29.6 Å². The van der Waals surface area contributed by atoms with Crippen molar-refractivity contribution >= 4 is 21.4 Å². The van der Waals surface area contributed by atoms with Gasteiger partial charge in [-0.2, -0.15) is 0 Å². The summed E-state index contributed by atoms with van der Waals surface area (Å²) < 4.78 is 1.42. The molecule has 0 amide bonds. The van der Waals surface area contributed by atoms with Gasteiger partial charge < -0.3 is 5.32 Å². The third-order valence-electron chi connectivity index (χ3n) is 3.51. The molecule has 1 N–H and O–H groups in total. The predicted octanol–water partition coefficient (Wildman–Crippen LogP) is 4.72. The quantitative estimate of drug-likeness (QED) is 0.771. The van der Waals surface area contributed by atoms with Crippen LogP contribution in [0.3, 0.4) is 0 Å². The zero-order valence-electron chi connectivity index (χ0n) is 12.3. The number of nitrogens with one attached hydrogen (secondary N) is 1. The lowest BCUT2D eigenvalue weighted by Gasteiger charge is -2.13. The van der Waals surface area contributed by atoms with Crippen LogP contribution in [0.2, 0.25) is 0 Å². The van der Waals surface area contributed by atoms with Crippen molar-refractivity contribution in [3.05, 3.63) is 35.2 Å². The average Bonchev–Trinajstić information content (AvgIpc) is 2.79. The van der Waals surface area contributed by atoms with Crippen LogP contribution in [-0.2, 0) is 6.42 Å². The number of hydrogen-bond acceptors (Lipinski definition) is 2. The van der Waals surface area contributed by atoms with Gasteiger partial charge in [-0.3, -0.25) is 0 Å². The van der Waals surface area contributed by atoms with Gasteiger partial charge in [0.25, 0.3) is 0 Å². The van der Waals surface area contributed by atoms with E-state index in [1.54, 1.807) is 0 Å². The van der Waals surface area contributed by atoms with E-state index in [1.807, 2.05) is 11.3 Å². The zero-order chi connectivity index (χ0) is 13.7.